The zero-order valence-corrected chi connectivity index (χ0v) is 14.7. The highest BCUT2D eigenvalue weighted by molar-refractivity contribution is 6.40. The van der Waals surface area contributed by atoms with E-state index in [9.17, 15) is 19.7 Å². The third kappa shape index (κ3) is 3.93. The topological polar surface area (TPSA) is 120 Å². The van der Waals surface area contributed by atoms with Crippen molar-refractivity contribution in [2.45, 2.75) is 26.7 Å². The van der Waals surface area contributed by atoms with Gasteiger partial charge in [0.1, 0.15) is 5.92 Å². The van der Waals surface area contributed by atoms with Gasteiger partial charge in [0.2, 0.25) is 0 Å². The molecule has 1 aliphatic heterocycles. The van der Waals surface area contributed by atoms with Gasteiger partial charge in [0.15, 0.2) is 5.71 Å². The van der Waals surface area contributed by atoms with Crippen molar-refractivity contribution < 1.29 is 24.0 Å². The Hall–Kier alpha value is -3.10. The molecule has 2 atom stereocenters. The minimum atomic E-state index is -0.922. The summed E-state index contributed by atoms with van der Waals surface area (Å²) in [6.45, 7) is 5.16. The Bertz CT molecular complexity index is 786. The first kappa shape index (κ1) is 19.2. The van der Waals surface area contributed by atoms with Crippen molar-refractivity contribution in [1.82, 2.24) is 0 Å². The molecule has 0 N–H and O–H groups in total. The van der Waals surface area contributed by atoms with Crippen molar-refractivity contribution in [3.8, 4) is 0 Å². The Labute approximate surface area is 149 Å². The molecule has 2 unspecified atom stereocenters. The standard InChI is InChI=1S/C17H19N3O6/c1-4-25-16(21)13-10(3)18-19-15(17(22)26-5-2)14(13)11-7-6-8-12(9-11)20(23)24/h6-9,13-14H,4-5H2,1-3H3. The molecule has 0 saturated heterocycles. The van der Waals surface area contributed by atoms with Gasteiger partial charge in [-0.3, -0.25) is 14.9 Å². The highest BCUT2D eigenvalue weighted by Crippen LogP contribution is 2.34. The van der Waals surface area contributed by atoms with Crippen LogP contribution in [0, 0.1) is 16.0 Å². The quantitative estimate of drug-likeness (QED) is 0.435. The van der Waals surface area contributed by atoms with Crippen molar-refractivity contribution in [3.05, 3.63) is 39.9 Å². The van der Waals surface area contributed by atoms with Crippen molar-refractivity contribution in [2.75, 3.05) is 13.2 Å². The number of ether oxygens (including phenoxy) is 2. The Morgan fingerprint density at radius 3 is 2.50 bits per heavy atom. The van der Waals surface area contributed by atoms with Crippen molar-refractivity contribution >= 4 is 29.0 Å². The van der Waals surface area contributed by atoms with E-state index in [2.05, 4.69) is 10.2 Å². The van der Waals surface area contributed by atoms with E-state index >= 15 is 0 Å². The number of nitrogens with zero attached hydrogens (tertiary/aromatic N) is 3. The van der Waals surface area contributed by atoms with Crippen LogP contribution < -0.4 is 0 Å². The first-order chi connectivity index (χ1) is 12.4. The van der Waals surface area contributed by atoms with E-state index in [1.165, 1.54) is 18.2 Å². The van der Waals surface area contributed by atoms with E-state index in [1.54, 1.807) is 26.8 Å². The van der Waals surface area contributed by atoms with Crippen LogP contribution in [0.2, 0.25) is 0 Å². The molecule has 0 aromatic heterocycles. The molecular weight excluding hydrogens is 342 g/mol. The summed E-state index contributed by atoms with van der Waals surface area (Å²) in [4.78, 5) is 35.4. The lowest BCUT2D eigenvalue weighted by atomic mass is 9.79. The van der Waals surface area contributed by atoms with E-state index in [0.717, 1.165) is 0 Å². The SMILES string of the molecule is CCOC(=O)C1=NN=C(C)C(C(=O)OCC)C1c1cccc([N+](=O)[O-])c1. The largest absolute Gasteiger partial charge is 0.465 e. The summed E-state index contributed by atoms with van der Waals surface area (Å²) < 4.78 is 10.1. The van der Waals surface area contributed by atoms with Gasteiger partial charge in [-0.1, -0.05) is 12.1 Å². The van der Waals surface area contributed by atoms with Gasteiger partial charge in [-0.25, -0.2) is 4.79 Å². The predicted octanol–water partition coefficient (Wildman–Crippen LogP) is 2.25. The second kappa shape index (κ2) is 8.32. The van der Waals surface area contributed by atoms with Gasteiger partial charge in [-0.05, 0) is 26.3 Å². The van der Waals surface area contributed by atoms with Crippen LogP contribution in [0.25, 0.3) is 0 Å². The molecule has 1 heterocycles. The number of non-ortho nitro benzene ring substituents is 1. The maximum absolute atomic E-state index is 12.5. The highest BCUT2D eigenvalue weighted by atomic mass is 16.6. The molecule has 26 heavy (non-hydrogen) atoms. The normalized spacial score (nSPS) is 19.2. The maximum atomic E-state index is 12.5. The fraction of sp³-hybridized carbons (Fsp3) is 0.412. The van der Waals surface area contributed by atoms with Crippen LogP contribution in [0.1, 0.15) is 32.3 Å². The number of rotatable bonds is 6. The third-order valence-electron chi connectivity index (χ3n) is 3.86. The molecule has 9 nitrogen and oxygen atoms in total. The number of carbonyl (C=O) groups is 2. The predicted molar refractivity (Wildman–Crippen MR) is 93.1 cm³/mol. The first-order valence-electron chi connectivity index (χ1n) is 8.10. The highest BCUT2D eigenvalue weighted by Gasteiger charge is 2.42. The average molecular weight is 361 g/mol. The number of hydrogen-bond donors (Lipinski definition) is 0. The molecule has 0 aliphatic carbocycles. The van der Waals surface area contributed by atoms with Crippen molar-refractivity contribution in [3.63, 3.8) is 0 Å². The Kier molecular flexibility index (Phi) is 6.16. The zero-order valence-electron chi connectivity index (χ0n) is 14.7. The molecule has 1 aliphatic rings. The average Bonchev–Trinajstić information content (AvgIpc) is 2.61. The van der Waals surface area contributed by atoms with Gasteiger partial charge in [-0.2, -0.15) is 5.10 Å². The summed E-state index contributed by atoms with van der Waals surface area (Å²) in [5.74, 6) is -3.11. The summed E-state index contributed by atoms with van der Waals surface area (Å²) in [6.07, 6.45) is 0. The van der Waals surface area contributed by atoms with Gasteiger partial charge in [0.25, 0.3) is 5.69 Å². The van der Waals surface area contributed by atoms with Crippen LogP contribution in [0.3, 0.4) is 0 Å². The van der Waals surface area contributed by atoms with Crippen LogP contribution in [0.15, 0.2) is 34.5 Å². The van der Waals surface area contributed by atoms with Crippen LogP contribution in [0.4, 0.5) is 5.69 Å². The minimum Gasteiger partial charge on any atom is -0.465 e. The second-order valence-corrected chi connectivity index (χ2v) is 5.51. The van der Waals surface area contributed by atoms with Gasteiger partial charge < -0.3 is 9.47 Å². The molecule has 2 rings (SSSR count). The summed E-state index contributed by atoms with van der Waals surface area (Å²) in [5, 5.41) is 18.9. The molecule has 1 aromatic rings. The number of benzene rings is 1. The molecular formula is C17H19N3O6. The van der Waals surface area contributed by atoms with Crippen molar-refractivity contribution in [1.29, 1.82) is 0 Å². The summed E-state index contributed by atoms with van der Waals surface area (Å²) >= 11 is 0. The number of hydrogen-bond acceptors (Lipinski definition) is 8. The minimum absolute atomic E-state index is 0.0870. The molecule has 0 radical (unpaired) electrons. The zero-order chi connectivity index (χ0) is 19.3. The van der Waals surface area contributed by atoms with Gasteiger partial charge in [0, 0.05) is 12.1 Å². The van der Waals surface area contributed by atoms with Crippen LogP contribution in [-0.4, -0.2) is 41.5 Å². The van der Waals surface area contributed by atoms with E-state index in [1.807, 2.05) is 0 Å². The van der Waals surface area contributed by atoms with Crippen molar-refractivity contribution in [2.24, 2.45) is 16.1 Å². The van der Waals surface area contributed by atoms with Gasteiger partial charge in [0.05, 0.1) is 29.8 Å². The van der Waals surface area contributed by atoms with Gasteiger partial charge in [-0.15, -0.1) is 5.10 Å². The lowest BCUT2D eigenvalue weighted by Crippen LogP contribution is -2.40. The van der Waals surface area contributed by atoms with Gasteiger partial charge >= 0.3 is 11.9 Å². The summed E-state index contributed by atoms with van der Waals surface area (Å²) in [5.41, 5.74) is 0.496. The lowest BCUT2D eigenvalue weighted by molar-refractivity contribution is -0.384. The Morgan fingerprint density at radius 2 is 1.88 bits per heavy atom. The molecule has 0 bridgehead atoms. The lowest BCUT2D eigenvalue weighted by Gasteiger charge is -2.28. The van der Waals surface area contributed by atoms with E-state index < -0.39 is 28.7 Å². The van der Waals surface area contributed by atoms with E-state index in [-0.39, 0.29) is 24.6 Å². The third-order valence-corrected chi connectivity index (χ3v) is 3.86. The first-order valence-corrected chi connectivity index (χ1v) is 8.10. The molecule has 0 saturated carbocycles. The van der Waals surface area contributed by atoms with E-state index in [0.29, 0.717) is 11.3 Å². The second-order valence-electron chi connectivity index (χ2n) is 5.51. The molecule has 138 valence electrons. The number of nitro groups is 1. The summed E-state index contributed by atoms with van der Waals surface area (Å²) in [7, 11) is 0. The summed E-state index contributed by atoms with van der Waals surface area (Å²) in [6, 6.07) is 5.72. The van der Waals surface area contributed by atoms with E-state index in [4.69, 9.17) is 9.47 Å². The maximum Gasteiger partial charge on any atom is 0.355 e. The molecule has 0 amide bonds. The smallest absolute Gasteiger partial charge is 0.355 e. The molecule has 0 fully saturated rings. The Morgan fingerprint density at radius 1 is 1.19 bits per heavy atom. The fourth-order valence-electron chi connectivity index (χ4n) is 2.75. The Balaban J connectivity index is 2.58. The number of carbonyl (C=O) groups excluding carboxylic acids is 2. The molecule has 9 heteroatoms. The molecule has 1 aromatic carbocycles. The van der Waals surface area contributed by atoms with Crippen LogP contribution in [-0.2, 0) is 19.1 Å². The monoisotopic (exact) mass is 361 g/mol. The molecule has 0 spiro atoms. The number of nitro benzene ring substituents is 1. The van der Waals surface area contributed by atoms with Crippen LogP contribution >= 0.6 is 0 Å². The number of esters is 2. The van der Waals surface area contributed by atoms with Crippen LogP contribution in [0.5, 0.6) is 0 Å². The fourth-order valence-corrected chi connectivity index (χ4v) is 2.75.